The van der Waals surface area contributed by atoms with E-state index in [0.717, 1.165) is 27.5 Å². The zero-order chi connectivity index (χ0) is 10.7. The predicted octanol–water partition coefficient (Wildman–Crippen LogP) is 2.36. The van der Waals surface area contributed by atoms with Gasteiger partial charge in [0, 0.05) is 11.1 Å². The van der Waals surface area contributed by atoms with Crippen molar-refractivity contribution < 1.29 is 9.57 Å². The lowest BCUT2D eigenvalue weighted by molar-refractivity contribution is 0.122. The molecule has 0 heterocycles. The summed E-state index contributed by atoms with van der Waals surface area (Å²) in [6.45, 7) is 4.17. The Morgan fingerprint density at radius 2 is 2.07 bits per heavy atom. The zero-order valence-electron chi connectivity index (χ0n) is 8.56. The first-order valence-corrected chi connectivity index (χ1v) is 4.63. The molecule has 0 fully saturated rings. The summed E-state index contributed by atoms with van der Waals surface area (Å²) >= 11 is 6.08. The fourth-order valence-corrected chi connectivity index (χ4v) is 1.65. The second-order valence-electron chi connectivity index (χ2n) is 3.14. The van der Waals surface area contributed by atoms with Gasteiger partial charge in [-0.1, -0.05) is 11.6 Å². The van der Waals surface area contributed by atoms with Gasteiger partial charge in [-0.2, -0.15) is 0 Å². The predicted molar refractivity (Wildman–Crippen MR) is 56.5 cm³/mol. The minimum absolute atomic E-state index is 0.321. The summed E-state index contributed by atoms with van der Waals surface area (Å²) in [4.78, 5) is 4.60. The summed E-state index contributed by atoms with van der Waals surface area (Å²) in [6, 6.07) is 1.92. The van der Waals surface area contributed by atoms with E-state index in [2.05, 4.69) is 4.84 Å². The molecule has 0 aliphatic carbocycles. The number of hydrogen-bond donors (Lipinski definition) is 1. The summed E-state index contributed by atoms with van der Waals surface area (Å²) in [5.41, 5.74) is 2.83. The van der Waals surface area contributed by atoms with Crippen molar-refractivity contribution in [3.05, 3.63) is 27.8 Å². The highest BCUT2D eigenvalue weighted by molar-refractivity contribution is 6.32. The lowest BCUT2D eigenvalue weighted by atomic mass is 10.1. The van der Waals surface area contributed by atoms with Crippen molar-refractivity contribution in [3.8, 4) is 5.75 Å². The van der Waals surface area contributed by atoms with Crippen molar-refractivity contribution in [1.82, 2.24) is 0 Å². The van der Waals surface area contributed by atoms with E-state index in [4.69, 9.17) is 22.2 Å². The zero-order valence-corrected chi connectivity index (χ0v) is 9.31. The molecule has 4 heteroatoms. The monoisotopic (exact) mass is 215 g/mol. The third-order valence-electron chi connectivity index (χ3n) is 2.14. The van der Waals surface area contributed by atoms with Gasteiger partial charge in [0.05, 0.1) is 18.7 Å². The van der Waals surface area contributed by atoms with Crippen molar-refractivity contribution >= 4 is 11.6 Å². The highest BCUT2D eigenvalue weighted by Crippen LogP contribution is 2.32. The van der Waals surface area contributed by atoms with Gasteiger partial charge in [0.25, 0.3) is 0 Å². The maximum Gasteiger partial charge on any atom is 0.128 e. The Morgan fingerprint density at radius 3 is 2.57 bits per heavy atom. The Kier molecular flexibility index (Phi) is 3.75. The standard InChI is InChI=1S/C10H14ClNO2/c1-6-4-8(5-14-12)10(13-3)7(2)9(6)11/h4H,5,12H2,1-3H3. The number of aryl methyl sites for hydroxylation is 1. The minimum Gasteiger partial charge on any atom is -0.496 e. The summed E-state index contributed by atoms with van der Waals surface area (Å²) in [6.07, 6.45) is 0. The Morgan fingerprint density at radius 1 is 1.43 bits per heavy atom. The maximum absolute atomic E-state index is 6.08. The molecule has 2 N–H and O–H groups in total. The maximum atomic E-state index is 6.08. The molecule has 1 aromatic rings. The summed E-state index contributed by atoms with van der Waals surface area (Å²) in [5, 5.41) is 0.725. The number of hydrogen-bond acceptors (Lipinski definition) is 3. The Labute approximate surface area is 88.7 Å². The van der Waals surface area contributed by atoms with Gasteiger partial charge in [0.15, 0.2) is 0 Å². The van der Waals surface area contributed by atoms with Crippen LogP contribution in [0.1, 0.15) is 16.7 Å². The summed E-state index contributed by atoms with van der Waals surface area (Å²) in [7, 11) is 1.61. The molecule has 0 aromatic heterocycles. The average molecular weight is 216 g/mol. The molecular weight excluding hydrogens is 202 g/mol. The van der Waals surface area contributed by atoms with E-state index in [0.29, 0.717) is 6.61 Å². The molecular formula is C10H14ClNO2. The normalized spacial score (nSPS) is 10.4. The molecule has 0 saturated carbocycles. The molecule has 78 valence electrons. The average Bonchev–Trinajstić information content (AvgIpc) is 2.16. The molecule has 0 unspecified atom stereocenters. The number of halogens is 1. The van der Waals surface area contributed by atoms with Gasteiger partial charge in [-0.25, -0.2) is 5.90 Å². The van der Waals surface area contributed by atoms with Gasteiger partial charge < -0.3 is 4.74 Å². The van der Waals surface area contributed by atoms with E-state index in [1.165, 1.54) is 0 Å². The summed E-state index contributed by atoms with van der Waals surface area (Å²) in [5.74, 6) is 5.78. The highest BCUT2D eigenvalue weighted by atomic mass is 35.5. The smallest absolute Gasteiger partial charge is 0.128 e. The van der Waals surface area contributed by atoms with Gasteiger partial charge in [-0.05, 0) is 25.5 Å². The third kappa shape index (κ3) is 2.00. The quantitative estimate of drug-likeness (QED) is 0.788. The van der Waals surface area contributed by atoms with E-state index in [-0.39, 0.29) is 0 Å². The van der Waals surface area contributed by atoms with Gasteiger partial charge >= 0.3 is 0 Å². The first-order chi connectivity index (χ1) is 6.61. The van der Waals surface area contributed by atoms with Crippen molar-refractivity contribution in [3.63, 3.8) is 0 Å². The van der Waals surface area contributed by atoms with Crippen LogP contribution in [0.15, 0.2) is 6.07 Å². The van der Waals surface area contributed by atoms with E-state index in [9.17, 15) is 0 Å². The molecule has 14 heavy (non-hydrogen) atoms. The molecule has 0 atom stereocenters. The van der Waals surface area contributed by atoms with Crippen LogP contribution >= 0.6 is 11.6 Å². The minimum atomic E-state index is 0.321. The second kappa shape index (κ2) is 4.64. The Bertz CT molecular complexity index is 339. The summed E-state index contributed by atoms with van der Waals surface area (Å²) < 4.78 is 5.24. The van der Waals surface area contributed by atoms with Crippen LogP contribution in [0.3, 0.4) is 0 Å². The fourth-order valence-electron chi connectivity index (χ4n) is 1.51. The van der Waals surface area contributed by atoms with Crippen LogP contribution in [0, 0.1) is 13.8 Å². The Hall–Kier alpha value is -0.770. The van der Waals surface area contributed by atoms with Crippen molar-refractivity contribution in [2.75, 3.05) is 7.11 Å². The van der Waals surface area contributed by atoms with E-state index < -0.39 is 0 Å². The molecule has 0 amide bonds. The fraction of sp³-hybridized carbons (Fsp3) is 0.400. The SMILES string of the molecule is COc1c(CON)cc(C)c(Cl)c1C. The van der Waals surface area contributed by atoms with Crippen molar-refractivity contribution in [1.29, 1.82) is 0 Å². The van der Waals surface area contributed by atoms with E-state index in [1.54, 1.807) is 7.11 Å². The number of benzene rings is 1. The molecule has 0 bridgehead atoms. The number of nitrogens with two attached hydrogens (primary N) is 1. The molecule has 3 nitrogen and oxygen atoms in total. The molecule has 1 rings (SSSR count). The molecule has 0 radical (unpaired) electrons. The van der Waals surface area contributed by atoms with Crippen LogP contribution in [-0.4, -0.2) is 7.11 Å². The van der Waals surface area contributed by atoms with Crippen LogP contribution in [0.2, 0.25) is 5.02 Å². The lowest BCUT2D eigenvalue weighted by Crippen LogP contribution is -2.03. The highest BCUT2D eigenvalue weighted by Gasteiger charge is 2.12. The van der Waals surface area contributed by atoms with Crippen molar-refractivity contribution in [2.45, 2.75) is 20.5 Å². The lowest BCUT2D eigenvalue weighted by Gasteiger charge is -2.13. The topological polar surface area (TPSA) is 44.5 Å². The molecule has 0 aliphatic rings. The van der Waals surface area contributed by atoms with Crippen LogP contribution < -0.4 is 10.6 Å². The van der Waals surface area contributed by atoms with Crippen LogP contribution in [0.5, 0.6) is 5.75 Å². The van der Waals surface area contributed by atoms with Crippen LogP contribution in [0.4, 0.5) is 0 Å². The van der Waals surface area contributed by atoms with Gasteiger partial charge in [-0.15, -0.1) is 0 Å². The number of ether oxygens (including phenoxy) is 1. The van der Waals surface area contributed by atoms with E-state index >= 15 is 0 Å². The number of rotatable bonds is 3. The van der Waals surface area contributed by atoms with Crippen LogP contribution in [0.25, 0.3) is 0 Å². The third-order valence-corrected chi connectivity index (χ3v) is 2.72. The van der Waals surface area contributed by atoms with Crippen molar-refractivity contribution in [2.24, 2.45) is 5.90 Å². The molecule has 1 aromatic carbocycles. The molecule has 0 saturated heterocycles. The first kappa shape index (κ1) is 11.3. The van der Waals surface area contributed by atoms with Gasteiger partial charge in [0.2, 0.25) is 0 Å². The second-order valence-corrected chi connectivity index (χ2v) is 3.51. The Balaban J connectivity index is 3.28. The van der Waals surface area contributed by atoms with Gasteiger partial charge in [0.1, 0.15) is 5.75 Å². The van der Waals surface area contributed by atoms with Gasteiger partial charge in [-0.3, -0.25) is 4.84 Å². The molecule has 0 spiro atoms. The van der Waals surface area contributed by atoms with E-state index in [1.807, 2.05) is 19.9 Å². The largest absolute Gasteiger partial charge is 0.496 e. The number of methoxy groups -OCH3 is 1. The van der Waals surface area contributed by atoms with Crippen LogP contribution in [-0.2, 0) is 11.4 Å². The first-order valence-electron chi connectivity index (χ1n) is 4.26. The molecule has 0 aliphatic heterocycles.